The Morgan fingerprint density at radius 1 is 1.00 bits per heavy atom. The molecule has 0 atom stereocenters. The maximum atomic E-state index is 13.3. The average molecular weight is 462 g/mol. The summed E-state index contributed by atoms with van der Waals surface area (Å²) in [5.41, 5.74) is 3.61. The van der Waals surface area contributed by atoms with Crippen LogP contribution in [0.2, 0.25) is 0 Å². The molecule has 1 aliphatic heterocycles. The van der Waals surface area contributed by atoms with Crippen molar-refractivity contribution in [2.45, 2.75) is 45.4 Å². The van der Waals surface area contributed by atoms with Crippen LogP contribution in [0.5, 0.6) is 0 Å². The van der Waals surface area contributed by atoms with Gasteiger partial charge in [0.1, 0.15) is 5.82 Å². The zero-order valence-corrected chi connectivity index (χ0v) is 19.6. The number of carbonyl (C=O) groups is 2. The molecule has 0 amide bonds. The number of piperidine rings is 1. The molecule has 1 saturated heterocycles. The summed E-state index contributed by atoms with van der Waals surface area (Å²) in [4.78, 5) is 24.9. The number of benzene rings is 2. The van der Waals surface area contributed by atoms with E-state index in [1.807, 2.05) is 33.8 Å². The van der Waals surface area contributed by atoms with Crippen molar-refractivity contribution in [3.8, 4) is 0 Å². The molecule has 3 rings (SSSR count). The largest absolute Gasteiger partial charge is 0.457 e. The summed E-state index contributed by atoms with van der Waals surface area (Å²) in [7, 11) is -3.69. The van der Waals surface area contributed by atoms with Gasteiger partial charge in [0.25, 0.3) is 0 Å². The minimum Gasteiger partial charge on any atom is -0.457 e. The third kappa shape index (κ3) is 4.91. The highest BCUT2D eigenvalue weighted by molar-refractivity contribution is 7.89. The number of halogens is 1. The molecular formula is C24H28FNO5S. The second-order valence-corrected chi connectivity index (χ2v) is 10.2. The van der Waals surface area contributed by atoms with Crippen LogP contribution in [0.25, 0.3) is 0 Å². The SMILES string of the molecule is Cc1cc(C)c(C)c(S(=O)(=O)N2CCC(C(=O)OCC(=O)c3ccc(F)cc3)CC2)c1C. The molecule has 0 bridgehead atoms. The monoisotopic (exact) mass is 461 g/mol. The Labute approximate surface area is 188 Å². The molecule has 172 valence electrons. The number of rotatable bonds is 6. The lowest BCUT2D eigenvalue weighted by molar-refractivity contribution is -0.148. The Hall–Kier alpha value is -2.58. The molecule has 0 N–H and O–H groups in total. The Bertz CT molecular complexity index is 1110. The molecule has 0 spiro atoms. The molecule has 0 saturated carbocycles. The van der Waals surface area contributed by atoms with E-state index in [0.29, 0.717) is 17.7 Å². The average Bonchev–Trinajstić information content (AvgIpc) is 2.76. The van der Waals surface area contributed by atoms with Crippen molar-refractivity contribution < 1.29 is 27.1 Å². The summed E-state index contributed by atoms with van der Waals surface area (Å²) in [6.07, 6.45) is 0.650. The summed E-state index contributed by atoms with van der Waals surface area (Å²) in [6.45, 7) is 7.42. The van der Waals surface area contributed by atoms with Crippen LogP contribution in [0.15, 0.2) is 35.2 Å². The lowest BCUT2D eigenvalue weighted by atomic mass is 9.98. The van der Waals surface area contributed by atoms with Crippen molar-refractivity contribution in [3.63, 3.8) is 0 Å². The number of ketones is 1. The molecule has 1 heterocycles. The van der Waals surface area contributed by atoms with Gasteiger partial charge in [-0.15, -0.1) is 0 Å². The highest BCUT2D eigenvalue weighted by Gasteiger charge is 2.35. The second kappa shape index (κ2) is 9.50. The number of hydrogen-bond donors (Lipinski definition) is 0. The summed E-state index contributed by atoms with van der Waals surface area (Å²) in [6, 6.07) is 7.01. The number of sulfonamides is 1. The number of carbonyl (C=O) groups excluding carboxylic acids is 2. The molecular weight excluding hydrogens is 433 g/mol. The number of hydrogen-bond acceptors (Lipinski definition) is 5. The van der Waals surface area contributed by atoms with E-state index in [1.54, 1.807) is 0 Å². The van der Waals surface area contributed by atoms with E-state index < -0.39 is 40.1 Å². The Morgan fingerprint density at radius 3 is 2.06 bits per heavy atom. The summed E-state index contributed by atoms with van der Waals surface area (Å²) >= 11 is 0. The third-order valence-electron chi connectivity index (χ3n) is 6.19. The maximum Gasteiger partial charge on any atom is 0.309 e. The molecule has 0 aliphatic carbocycles. The Kier molecular flexibility index (Phi) is 7.15. The summed E-state index contributed by atoms with van der Waals surface area (Å²) in [5, 5.41) is 0. The highest BCUT2D eigenvalue weighted by Crippen LogP contribution is 2.31. The van der Waals surface area contributed by atoms with Crippen molar-refractivity contribution in [3.05, 3.63) is 64.0 Å². The number of Topliss-reactive ketones (excluding diaryl/α,β-unsaturated/α-hetero) is 1. The van der Waals surface area contributed by atoms with Gasteiger partial charge in [-0.05, 0) is 87.1 Å². The van der Waals surface area contributed by atoms with Crippen molar-refractivity contribution >= 4 is 21.8 Å². The van der Waals surface area contributed by atoms with Crippen LogP contribution in [-0.4, -0.2) is 44.2 Å². The molecule has 6 nitrogen and oxygen atoms in total. The Morgan fingerprint density at radius 2 is 1.53 bits per heavy atom. The predicted octanol–water partition coefficient (Wildman–Crippen LogP) is 3.89. The third-order valence-corrected chi connectivity index (χ3v) is 8.37. The lowest BCUT2D eigenvalue weighted by Gasteiger charge is -2.31. The molecule has 2 aromatic rings. The van der Waals surface area contributed by atoms with Crippen molar-refractivity contribution in [2.75, 3.05) is 19.7 Å². The first-order valence-corrected chi connectivity index (χ1v) is 12.0. The fraction of sp³-hybridized carbons (Fsp3) is 0.417. The van der Waals surface area contributed by atoms with Crippen LogP contribution in [-0.2, 0) is 19.6 Å². The Balaban J connectivity index is 1.62. The quantitative estimate of drug-likeness (QED) is 0.482. The normalized spacial score (nSPS) is 15.5. The molecule has 1 fully saturated rings. The van der Waals surface area contributed by atoms with Crippen LogP contribution in [0.1, 0.15) is 45.5 Å². The van der Waals surface area contributed by atoms with Gasteiger partial charge in [-0.2, -0.15) is 4.31 Å². The molecule has 8 heteroatoms. The first-order chi connectivity index (χ1) is 15.0. The van der Waals surface area contributed by atoms with E-state index in [9.17, 15) is 22.4 Å². The van der Waals surface area contributed by atoms with Crippen LogP contribution in [0, 0.1) is 39.4 Å². The van der Waals surface area contributed by atoms with E-state index in [2.05, 4.69) is 0 Å². The van der Waals surface area contributed by atoms with Gasteiger partial charge in [0, 0.05) is 18.7 Å². The number of esters is 1. The molecule has 0 radical (unpaired) electrons. The lowest BCUT2D eigenvalue weighted by Crippen LogP contribution is -2.41. The van der Waals surface area contributed by atoms with Crippen molar-refractivity contribution in [1.29, 1.82) is 0 Å². The number of ether oxygens (including phenoxy) is 1. The van der Waals surface area contributed by atoms with Gasteiger partial charge in [0.05, 0.1) is 10.8 Å². The zero-order chi connectivity index (χ0) is 23.6. The number of aryl methyl sites for hydroxylation is 2. The van der Waals surface area contributed by atoms with Gasteiger partial charge in [-0.1, -0.05) is 6.07 Å². The summed E-state index contributed by atoms with van der Waals surface area (Å²) < 4.78 is 46.2. The highest BCUT2D eigenvalue weighted by atomic mass is 32.2. The van der Waals surface area contributed by atoms with E-state index >= 15 is 0 Å². The van der Waals surface area contributed by atoms with Crippen LogP contribution >= 0.6 is 0 Å². The topological polar surface area (TPSA) is 80.8 Å². The second-order valence-electron chi connectivity index (χ2n) is 8.31. The fourth-order valence-corrected chi connectivity index (χ4v) is 6.05. The number of nitrogens with zero attached hydrogens (tertiary/aromatic N) is 1. The van der Waals surface area contributed by atoms with Gasteiger partial charge in [0.2, 0.25) is 10.0 Å². The standard InChI is InChI=1S/C24H28FNO5S/c1-15-13-16(2)18(4)23(17(15)3)32(29,30)26-11-9-20(10-12-26)24(28)31-14-22(27)19-5-7-21(25)8-6-19/h5-8,13,20H,9-12,14H2,1-4H3. The van der Waals surface area contributed by atoms with Crippen LogP contribution in [0.4, 0.5) is 4.39 Å². The maximum absolute atomic E-state index is 13.3. The van der Waals surface area contributed by atoms with Crippen LogP contribution < -0.4 is 0 Å². The van der Waals surface area contributed by atoms with E-state index in [0.717, 1.165) is 22.3 Å². The van der Waals surface area contributed by atoms with Gasteiger partial charge in [0.15, 0.2) is 12.4 Å². The van der Waals surface area contributed by atoms with Gasteiger partial charge < -0.3 is 4.74 Å². The van der Waals surface area contributed by atoms with Crippen LogP contribution in [0.3, 0.4) is 0 Å². The van der Waals surface area contributed by atoms with Gasteiger partial charge in [-0.3, -0.25) is 9.59 Å². The molecule has 32 heavy (non-hydrogen) atoms. The smallest absolute Gasteiger partial charge is 0.309 e. The zero-order valence-electron chi connectivity index (χ0n) is 18.8. The fourth-order valence-electron chi connectivity index (χ4n) is 4.00. The summed E-state index contributed by atoms with van der Waals surface area (Å²) in [5.74, 6) is -1.86. The van der Waals surface area contributed by atoms with E-state index in [-0.39, 0.29) is 18.7 Å². The minimum absolute atomic E-state index is 0.208. The molecule has 0 unspecified atom stereocenters. The van der Waals surface area contributed by atoms with Crippen molar-refractivity contribution in [2.24, 2.45) is 5.92 Å². The van der Waals surface area contributed by atoms with E-state index in [4.69, 9.17) is 4.74 Å². The first kappa shape index (κ1) is 24.1. The molecule has 0 aromatic heterocycles. The molecule has 2 aromatic carbocycles. The molecule has 1 aliphatic rings. The van der Waals surface area contributed by atoms with E-state index in [1.165, 1.54) is 28.6 Å². The first-order valence-electron chi connectivity index (χ1n) is 10.5. The predicted molar refractivity (Wildman–Crippen MR) is 119 cm³/mol. The minimum atomic E-state index is -3.69. The van der Waals surface area contributed by atoms with Gasteiger partial charge >= 0.3 is 5.97 Å². The van der Waals surface area contributed by atoms with Crippen molar-refractivity contribution in [1.82, 2.24) is 4.31 Å². The van der Waals surface area contributed by atoms with Gasteiger partial charge in [-0.25, -0.2) is 12.8 Å².